The number of anilines is 1. The van der Waals surface area contributed by atoms with E-state index in [2.05, 4.69) is 5.32 Å². The second-order valence-electron chi connectivity index (χ2n) is 6.01. The third-order valence-corrected chi connectivity index (χ3v) is 3.62. The number of hydrogen-bond acceptors (Lipinski definition) is 4. The molecule has 2 aromatic carbocycles. The number of amides is 1. The monoisotopic (exact) mass is 341 g/mol. The lowest BCUT2D eigenvalue weighted by atomic mass is 10.2. The van der Waals surface area contributed by atoms with Crippen molar-refractivity contribution in [1.82, 2.24) is 0 Å². The molecule has 2 atom stereocenters. The Balaban J connectivity index is 1.87. The molecule has 1 N–H and O–H groups in total. The average molecular weight is 341 g/mol. The molecule has 5 heteroatoms. The SMILES string of the molecule is Cc1ccc(NC(=O)[C@H](C)OC(=O)[C@H](C)Oc2cccc(C)c2)cc1. The van der Waals surface area contributed by atoms with Gasteiger partial charge in [-0.15, -0.1) is 0 Å². The summed E-state index contributed by atoms with van der Waals surface area (Å²) in [7, 11) is 0. The standard InChI is InChI=1S/C20H23NO4/c1-13-8-10-17(11-9-13)21-19(22)15(3)25-20(23)16(4)24-18-7-5-6-14(2)12-18/h5-12,15-16H,1-4H3,(H,21,22)/t15-,16-/m0/s1. The molecule has 0 aliphatic rings. The molecule has 0 fully saturated rings. The minimum Gasteiger partial charge on any atom is -0.479 e. The highest BCUT2D eigenvalue weighted by atomic mass is 16.6. The predicted octanol–water partition coefficient (Wildman–Crippen LogP) is 3.64. The topological polar surface area (TPSA) is 64.6 Å². The van der Waals surface area contributed by atoms with E-state index in [0.29, 0.717) is 11.4 Å². The van der Waals surface area contributed by atoms with Crippen molar-refractivity contribution in [2.45, 2.75) is 39.9 Å². The zero-order valence-corrected chi connectivity index (χ0v) is 14.9. The summed E-state index contributed by atoms with van der Waals surface area (Å²) in [5, 5.41) is 2.71. The van der Waals surface area contributed by atoms with E-state index >= 15 is 0 Å². The fourth-order valence-electron chi connectivity index (χ4n) is 2.15. The van der Waals surface area contributed by atoms with Crippen LogP contribution in [0.25, 0.3) is 0 Å². The molecule has 5 nitrogen and oxygen atoms in total. The Labute approximate surface area is 148 Å². The van der Waals surface area contributed by atoms with E-state index in [4.69, 9.17) is 9.47 Å². The van der Waals surface area contributed by atoms with E-state index < -0.39 is 18.2 Å². The second kappa shape index (κ2) is 8.33. The third kappa shape index (κ3) is 5.64. The van der Waals surface area contributed by atoms with Crippen LogP contribution in [0.5, 0.6) is 5.75 Å². The van der Waals surface area contributed by atoms with Gasteiger partial charge in [-0.05, 0) is 57.5 Å². The molecule has 0 saturated carbocycles. The summed E-state index contributed by atoms with van der Waals surface area (Å²) in [5.41, 5.74) is 2.78. The first-order valence-electron chi connectivity index (χ1n) is 8.16. The highest BCUT2D eigenvalue weighted by molar-refractivity contribution is 5.95. The molecular weight excluding hydrogens is 318 g/mol. The number of rotatable bonds is 6. The highest BCUT2D eigenvalue weighted by Crippen LogP contribution is 2.15. The summed E-state index contributed by atoms with van der Waals surface area (Å²) < 4.78 is 10.8. The number of carbonyl (C=O) groups excluding carboxylic acids is 2. The van der Waals surface area contributed by atoms with Crippen molar-refractivity contribution in [3.8, 4) is 5.75 Å². The van der Waals surface area contributed by atoms with E-state index in [-0.39, 0.29) is 5.91 Å². The number of carbonyl (C=O) groups is 2. The van der Waals surface area contributed by atoms with Crippen LogP contribution in [0.3, 0.4) is 0 Å². The maximum atomic E-state index is 12.1. The first kappa shape index (κ1) is 18.5. The fraction of sp³-hybridized carbons (Fsp3) is 0.300. The van der Waals surface area contributed by atoms with Gasteiger partial charge in [-0.3, -0.25) is 4.79 Å². The van der Waals surface area contributed by atoms with Gasteiger partial charge in [-0.1, -0.05) is 29.8 Å². The van der Waals surface area contributed by atoms with Crippen molar-refractivity contribution < 1.29 is 19.1 Å². The van der Waals surface area contributed by atoms with Crippen molar-refractivity contribution >= 4 is 17.6 Å². The van der Waals surface area contributed by atoms with Crippen molar-refractivity contribution in [2.24, 2.45) is 0 Å². The van der Waals surface area contributed by atoms with Gasteiger partial charge in [0.2, 0.25) is 0 Å². The average Bonchev–Trinajstić information content (AvgIpc) is 2.56. The van der Waals surface area contributed by atoms with Crippen molar-refractivity contribution in [1.29, 1.82) is 0 Å². The van der Waals surface area contributed by atoms with Gasteiger partial charge in [0.15, 0.2) is 12.2 Å². The summed E-state index contributed by atoms with van der Waals surface area (Å²) >= 11 is 0. The summed E-state index contributed by atoms with van der Waals surface area (Å²) in [6, 6.07) is 14.8. The molecule has 2 aromatic rings. The lowest BCUT2D eigenvalue weighted by Crippen LogP contribution is -2.35. The zero-order valence-electron chi connectivity index (χ0n) is 14.9. The van der Waals surface area contributed by atoms with E-state index in [0.717, 1.165) is 11.1 Å². The maximum Gasteiger partial charge on any atom is 0.347 e. The molecule has 25 heavy (non-hydrogen) atoms. The largest absolute Gasteiger partial charge is 0.479 e. The number of ether oxygens (including phenoxy) is 2. The Morgan fingerprint density at radius 3 is 2.24 bits per heavy atom. The summed E-state index contributed by atoms with van der Waals surface area (Å²) in [5.74, 6) is -0.394. The zero-order chi connectivity index (χ0) is 18.4. The molecule has 0 radical (unpaired) electrons. The molecule has 0 spiro atoms. The Bertz CT molecular complexity index is 740. The van der Waals surface area contributed by atoms with E-state index in [1.54, 1.807) is 25.1 Å². The predicted molar refractivity (Wildman–Crippen MR) is 96.6 cm³/mol. The Morgan fingerprint density at radius 2 is 1.60 bits per heavy atom. The molecule has 0 saturated heterocycles. The van der Waals surface area contributed by atoms with Crippen LogP contribution in [-0.2, 0) is 14.3 Å². The Kier molecular flexibility index (Phi) is 6.17. The normalized spacial score (nSPS) is 12.8. The summed E-state index contributed by atoms with van der Waals surface area (Å²) in [6.07, 6.45) is -1.73. The number of esters is 1. The van der Waals surface area contributed by atoms with Gasteiger partial charge in [0.05, 0.1) is 0 Å². The smallest absolute Gasteiger partial charge is 0.347 e. The first-order valence-corrected chi connectivity index (χ1v) is 8.16. The van der Waals surface area contributed by atoms with Crippen LogP contribution >= 0.6 is 0 Å². The molecule has 0 heterocycles. The van der Waals surface area contributed by atoms with Crippen molar-refractivity contribution in [3.63, 3.8) is 0 Å². The number of hydrogen-bond donors (Lipinski definition) is 1. The number of nitrogens with one attached hydrogen (secondary N) is 1. The Morgan fingerprint density at radius 1 is 0.920 bits per heavy atom. The van der Waals surface area contributed by atoms with Crippen molar-refractivity contribution in [2.75, 3.05) is 5.32 Å². The van der Waals surface area contributed by atoms with Crippen LogP contribution in [0.15, 0.2) is 48.5 Å². The van der Waals surface area contributed by atoms with Gasteiger partial charge < -0.3 is 14.8 Å². The van der Waals surface area contributed by atoms with Crippen LogP contribution in [0.2, 0.25) is 0 Å². The second-order valence-corrected chi connectivity index (χ2v) is 6.01. The van der Waals surface area contributed by atoms with E-state index in [1.165, 1.54) is 6.92 Å². The van der Waals surface area contributed by atoms with Crippen LogP contribution in [0.1, 0.15) is 25.0 Å². The minimum atomic E-state index is -0.919. The van der Waals surface area contributed by atoms with Gasteiger partial charge in [0, 0.05) is 5.69 Å². The van der Waals surface area contributed by atoms with Gasteiger partial charge >= 0.3 is 5.97 Å². The van der Waals surface area contributed by atoms with Crippen molar-refractivity contribution in [3.05, 3.63) is 59.7 Å². The van der Waals surface area contributed by atoms with Crippen LogP contribution in [0, 0.1) is 13.8 Å². The summed E-state index contributed by atoms with van der Waals surface area (Å²) in [4.78, 5) is 24.2. The van der Waals surface area contributed by atoms with Crippen LogP contribution in [0.4, 0.5) is 5.69 Å². The molecule has 1 amide bonds. The third-order valence-electron chi connectivity index (χ3n) is 3.62. The molecule has 2 rings (SSSR count). The minimum absolute atomic E-state index is 0.389. The first-order chi connectivity index (χ1) is 11.8. The number of aryl methyl sites for hydroxylation is 2. The Hall–Kier alpha value is -2.82. The molecule has 0 bridgehead atoms. The number of benzene rings is 2. The summed E-state index contributed by atoms with van der Waals surface area (Å²) in [6.45, 7) is 7.02. The van der Waals surface area contributed by atoms with E-state index in [1.807, 2.05) is 44.2 Å². The van der Waals surface area contributed by atoms with E-state index in [9.17, 15) is 9.59 Å². The van der Waals surface area contributed by atoms with Gasteiger partial charge in [-0.2, -0.15) is 0 Å². The van der Waals surface area contributed by atoms with Crippen LogP contribution < -0.4 is 10.1 Å². The van der Waals surface area contributed by atoms with Gasteiger partial charge in [0.1, 0.15) is 5.75 Å². The molecule has 0 unspecified atom stereocenters. The van der Waals surface area contributed by atoms with Gasteiger partial charge in [-0.25, -0.2) is 4.79 Å². The van der Waals surface area contributed by atoms with Gasteiger partial charge in [0.25, 0.3) is 5.91 Å². The molecule has 132 valence electrons. The van der Waals surface area contributed by atoms with Crippen LogP contribution in [-0.4, -0.2) is 24.1 Å². The molecule has 0 aromatic heterocycles. The lowest BCUT2D eigenvalue weighted by molar-refractivity contribution is -0.159. The highest BCUT2D eigenvalue weighted by Gasteiger charge is 2.23. The maximum absolute atomic E-state index is 12.1. The fourth-order valence-corrected chi connectivity index (χ4v) is 2.15. The lowest BCUT2D eigenvalue weighted by Gasteiger charge is -2.18. The quantitative estimate of drug-likeness (QED) is 0.815. The molecule has 0 aliphatic heterocycles. The molecular formula is C20H23NO4. The molecule has 0 aliphatic carbocycles.